The molecule has 2 aromatic heterocycles. The number of terminal acetylenes is 1. The standard InChI is InChI=1S/C27H27N7O/c1-2-3-7-19-8-6-9-22(16-19)25(35)27-28-18-34(31-27)17-20-12-14-21(15-13-20)23-10-4-5-11-24(23)26-29-32-33-30-26/h1,4-5,10-15,18-19,22H,3,6-9,16-17H2,(H,29,30,32,33). The van der Waals surface area contributed by atoms with Crippen molar-refractivity contribution >= 4 is 5.78 Å². The van der Waals surface area contributed by atoms with E-state index in [2.05, 4.69) is 60.9 Å². The molecule has 5 rings (SSSR count). The molecule has 2 aromatic carbocycles. The number of carbonyl (C=O) groups is 1. The van der Waals surface area contributed by atoms with E-state index in [0.717, 1.165) is 60.8 Å². The maximum absolute atomic E-state index is 13.0. The molecule has 2 heterocycles. The number of tetrazole rings is 1. The molecule has 1 aliphatic rings. The molecule has 2 unspecified atom stereocenters. The number of nitrogens with zero attached hydrogens (tertiary/aromatic N) is 6. The van der Waals surface area contributed by atoms with Gasteiger partial charge in [-0.1, -0.05) is 61.4 Å². The summed E-state index contributed by atoms with van der Waals surface area (Å²) in [6.45, 7) is 0.544. The molecule has 8 heteroatoms. The SMILES string of the molecule is C#CCCC1CCCC(C(=O)c2ncn(Cc3ccc(-c4ccccc4-c4nn[nH]n4)cc3)n2)C1. The second kappa shape index (κ2) is 10.4. The molecule has 0 spiro atoms. The summed E-state index contributed by atoms with van der Waals surface area (Å²) in [5.74, 6) is 4.18. The van der Waals surface area contributed by atoms with E-state index in [1.54, 1.807) is 11.0 Å². The number of H-pyrrole nitrogens is 1. The summed E-state index contributed by atoms with van der Waals surface area (Å²) in [7, 11) is 0. The molecule has 1 N–H and O–H groups in total. The fraction of sp³-hybridized carbons (Fsp3) is 0.333. The first-order valence-electron chi connectivity index (χ1n) is 12.0. The minimum absolute atomic E-state index is 0.000864. The Kier molecular flexibility index (Phi) is 6.75. The summed E-state index contributed by atoms with van der Waals surface area (Å²) >= 11 is 0. The highest BCUT2D eigenvalue weighted by Crippen LogP contribution is 2.33. The van der Waals surface area contributed by atoms with Crippen LogP contribution in [0.4, 0.5) is 0 Å². The highest BCUT2D eigenvalue weighted by Gasteiger charge is 2.29. The maximum Gasteiger partial charge on any atom is 0.217 e. The number of hydrogen-bond acceptors (Lipinski definition) is 6. The van der Waals surface area contributed by atoms with E-state index in [-0.39, 0.29) is 11.7 Å². The first-order chi connectivity index (χ1) is 17.2. The van der Waals surface area contributed by atoms with Crippen LogP contribution in [0.2, 0.25) is 0 Å². The van der Waals surface area contributed by atoms with E-state index in [1.165, 1.54) is 0 Å². The van der Waals surface area contributed by atoms with Crippen LogP contribution in [-0.4, -0.2) is 41.2 Å². The van der Waals surface area contributed by atoms with E-state index < -0.39 is 0 Å². The minimum Gasteiger partial charge on any atom is -0.290 e. The molecule has 35 heavy (non-hydrogen) atoms. The summed E-state index contributed by atoms with van der Waals surface area (Å²) in [6, 6.07) is 16.2. The molecule has 1 saturated carbocycles. The third-order valence-corrected chi connectivity index (χ3v) is 6.73. The molecular formula is C27H27N7O. The van der Waals surface area contributed by atoms with Gasteiger partial charge < -0.3 is 0 Å². The van der Waals surface area contributed by atoms with Crippen LogP contribution >= 0.6 is 0 Å². The predicted octanol–water partition coefficient (Wildman–Crippen LogP) is 4.58. The quantitative estimate of drug-likeness (QED) is 0.302. The zero-order chi connectivity index (χ0) is 24.0. The van der Waals surface area contributed by atoms with E-state index in [1.807, 2.05) is 24.3 Å². The summed E-state index contributed by atoms with van der Waals surface area (Å²) in [5.41, 5.74) is 4.07. The average Bonchev–Trinajstić information content (AvgIpc) is 3.61. The maximum atomic E-state index is 13.0. The lowest BCUT2D eigenvalue weighted by Crippen LogP contribution is -2.24. The van der Waals surface area contributed by atoms with Gasteiger partial charge in [0.15, 0.2) is 0 Å². The van der Waals surface area contributed by atoms with Crippen LogP contribution in [0.1, 0.15) is 54.7 Å². The lowest BCUT2D eigenvalue weighted by molar-refractivity contribution is 0.0849. The summed E-state index contributed by atoms with van der Waals surface area (Å²) in [4.78, 5) is 17.3. The normalized spacial score (nSPS) is 17.7. The second-order valence-electron chi connectivity index (χ2n) is 9.08. The molecule has 2 atom stereocenters. The Hall–Kier alpha value is -4.12. The van der Waals surface area contributed by atoms with Crippen molar-refractivity contribution in [3.8, 4) is 34.9 Å². The lowest BCUT2D eigenvalue weighted by Gasteiger charge is -2.27. The van der Waals surface area contributed by atoms with Gasteiger partial charge in [-0.2, -0.15) is 5.21 Å². The van der Waals surface area contributed by atoms with Crippen molar-refractivity contribution in [2.24, 2.45) is 11.8 Å². The van der Waals surface area contributed by atoms with Crippen LogP contribution < -0.4 is 0 Å². The van der Waals surface area contributed by atoms with Crippen LogP contribution in [0.3, 0.4) is 0 Å². The number of nitrogens with one attached hydrogen (secondary N) is 1. The van der Waals surface area contributed by atoms with Crippen LogP contribution in [0, 0.1) is 24.2 Å². The van der Waals surface area contributed by atoms with Gasteiger partial charge in [0, 0.05) is 17.9 Å². The first-order valence-corrected chi connectivity index (χ1v) is 12.0. The second-order valence-corrected chi connectivity index (χ2v) is 9.08. The van der Waals surface area contributed by atoms with Gasteiger partial charge in [-0.15, -0.1) is 27.6 Å². The van der Waals surface area contributed by atoms with Gasteiger partial charge in [0.2, 0.25) is 17.4 Å². The highest BCUT2D eigenvalue weighted by atomic mass is 16.1. The van der Waals surface area contributed by atoms with Gasteiger partial charge >= 0.3 is 0 Å². The number of aromatic nitrogens is 7. The third-order valence-electron chi connectivity index (χ3n) is 6.73. The van der Waals surface area contributed by atoms with Crippen molar-refractivity contribution in [1.29, 1.82) is 0 Å². The van der Waals surface area contributed by atoms with E-state index >= 15 is 0 Å². The molecule has 0 radical (unpaired) electrons. The fourth-order valence-electron chi connectivity index (χ4n) is 4.93. The Morgan fingerprint density at radius 3 is 2.71 bits per heavy atom. The van der Waals surface area contributed by atoms with E-state index in [9.17, 15) is 4.79 Å². The molecule has 176 valence electrons. The third kappa shape index (κ3) is 5.19. The number of aromatic amines is 1. The summed E-state index contributed by atoms with van der Waals surface area (Å²) < 4.78 is 1.73. The molecule has 1 fully saturated rings. The van der Waals surface area contributed by atoms with Crippen LogP contribution in [-0.2, 0) is 6.54 Å². The van der Waals surface area contributed by atoms with Crippen LogP contribution in [0.5, 0.6) is 0 Å². The van der Waals surface area contributed by atoms with Crippen molar-refractivity contribution < 1.29 is 4.79 Å². The van der Waals surface area contributed by atoms with Gasteiger partial charge in [-0.3, -0.25) is 4.79 Å². The fourth-order valence-corrected chi connectivity index (χ4v) is 4.93. The Labute approximate surface area is 204 Å². The van der Waals surface area contributed by atoms with E-state index in [4.69, 9.17) is 6.42 Å². The molecular weight excluding hydrogens is 438 g/mol. The molecule has 4 aromatic rings. The Bertz CT molecular complexity index is 1320. The van der Waals surface area contributed by atoms with Crippen molar-refractivity contribution in [1.82, 2.24) is 35.4 Å². The number of Topliss-reactive ketones (excluding diaryl/α,β-unsaturated/α-hetero) is 1. The van der Waals surface area contributed by atoms with Crippen molar-refractivity contribution in [2.75, 3.05) is 0 Å². The largest absolute Gasteiger partial charge is 0.290 e. The van der Waals surface area contributed by atoms with Crippen LogP contribution in [0.15, 0.2) is 54.9 Å². The average molecular weight is 466 g/mol. The minimum atomic E-state index is 0.000864. The van der Waals surface area contributed by atoms with Crippen molar-refractivity contribution in [3.05, 3.63) is 66.2 Å². The topological polar surface area (TPSA) is 102 Å². The molecule has 0 saturated heterocycles. The summed E-state index contributed by atoms with van der Waals surface area (Å²) in [6.07, 6.45) is 12.9. The van der Waals surface area contributed by atoms with E-state index in [0.29, 0.717) is 24.1 Å². The van der Waals surface area contributed by atoms with Crippen molar-refractivity contribution in [2.45, 2.75) is 45.1 Å². The van der Waals surface area contributed by atoms with Gasteiger partial charge in [-0.25, -0.2) is 9.67 Å². The molecule has 0 aliphatic heterocycles. The van der Waals surface area contributed by atoms with Crippen molar-refractivity contribution in [3.63, 3.8) is 0 Å². The van der Waals surface area contributed by atoms with Gasteiger partial charge in [-0.05, 0) is 47.1 Å². The predicted molar refractivity (Wildman–Crippen MR) is 132 cm³/mol. The van der Waals surface area contributed by atoms with Gasteiger partial charge in [0.25, 0.3) is 0 Å². The first kappa shape index (κ1) is 22.7. The van der Waals surface area contributed by atoms with Gasteiger partial charge in [0.05, 0.1) is 6.54 Å². The molecule has 1 aliphatic carbocycles. The number of carbonyl (C=O) groups excluding carboxylic acids is 1. The zero-order valence-corrected chi connectivity index (χ0v) is 19.5. The Morgan fingerprint density at radius 1 is 1.11 bits per heavy atom. The lowest BCUT2D eigenvalue weighted by atomic mass is 9.77. The Morgan fingerprint density at radius 2 is 1.94 bits per heavy atom. The number of ketones is 1. The molecule has 0 bridgehead atoms. The number of hydrogen-bond donors (Lipinski definition) is 1. The monoisotopic (exact) mass is 465 g/mol. The highest BCUT2D eigenvalue weighted by molar-refractivity contribution is 5.94. The summed E-state index contributed by atoms with van der Waals surface area (Å²) in [5, 5.41) is 18.9. The number of rotatable bonds is 8. The van der Waals surface area contributed by atoms with Crippen LogP contribution in [0.25, 0.3) is 22.5 Å². The van der Waals surface area contributed by atoms with Gasteiger partial charge in [0.1, 0.15) is 6.33 Å². The zero-order valence-electron chi connectivity index (χ0n) is 19.5. The molecule has 8 nitrogen and oxygen atoms in total. The smallest absolute Gasteiger partial charge is 0.217 e. The Balaban J connectivity index is 1.25. The number of benzene rings is 2. The molecule has 0 amide bonds.